The van der Waals surface area contributed by atoms with E-state index >= 15 is 0 Å². The van der Waals surface area contributed by atoms with Crippen LogP contribution in [0.2, 0.25) is 0 Å². The lowest BCUT2D eigenvalue weighted by molar-refractivity contribution is -0.139. The summed E-state index contributed by atoms with van der Waals surface area (Å²) in [5.41, 5.74) is 3.82. The van der Waals surface area contributed by atoms with Crippen molar-refractivity contribution in [3.05, 3.63) is 62.5 Å². The summed E-state index contributed by atoms with van der Waals surface area (Å²) < 4.78 is 27.1. The standard InChI is InChI=1S/C25H27NO7/c1-14-18-9-17-12-26(11-16-6-7-20(29-3)21(8-16)30-4)13-32-23(17)15(2)24(18)33-25(28)19(14)10-22(27)31-5/h6-9H,10-13H2,1-5H3. The molecular weight excluding hydrogens is 426 g/mol. The molecule has 1 aliphatic heterocycles. The van der Waals surface area contributed by atoms with Gasteiger partial charge in [-0.2, -0.15) is 0 Å². The average molecular weight is 453 g/mol. The molecule has 0 saturated heterocycles. The Balaban J connectivity index is 1.67. The average Bonchev–Trinajstić information content (AvgIpc) is 2.82. The predicted octanol–water partition coefficient (Wildman–Crippen LogP) is 3.49. The normalized spacial score (nSPS) is 13.4. The zero-order valence-electron chi connectivity index (χ0n) is 19.4. The third-order valence-corrected chi connectivity index (χ3v) is 6.02. The molecule has 174 valence electrons. The van der Waals surface area contributed by atoms with Crippen molar-refractivity contribution in [2.75, 3.05) is 28.1 Å². The Morgan fingerprint density at radius 1 is 1.06 bits per heavy atom. The van der Waals surface area contributed by atoms with Crippen LogP contribution >= 0.6 is 0 Å². The summed E-state index contributed by atoms with van der Waals surface area (Å²) in [7, 11) is 4.52. The van der Waals surface area contributed by atoms with Gasteiger partial charge in [-0.05, 0) is 43.2 Å². The molecule has 2 heterocycles. The molecule has 0 amide bonds. The fraction of sp³-hybridized carbons (Fsp3) is 0.360. The van der Waals surface area contributed by atoms with Crippen molar-refractivity contribution in [2.45, 2.75) is 33.4 Å². The first-order valence-electron chi connectivity index (χ1n) is 10.6. The van der Waals surface area contributed by atoms with Crippen LogP contribution in [0.3, 0.4) is 0 Å². The third kappa shape index (κ3) is 4.26. The number of nitrogens with zero attached hydrogens (tertiary/aromatic N) is 1. The number of benzene rings is 2. The number of carbonyl (C=O) groups is 1. The van der Waals surface area contributed by atoms with Gasteiger partial charge in [0.05, 0.1) is 33.3 Å². The van der Waals surface area contributed by atoms with Crippen molar-refractivity contribution < 1.29 is 28.2 Å². The van der Waals surface area contributed by atoms with Crippen molar-refractivity contribution >= 4 is 16.9 Å². The summed E-state index contributed by atoms with van der Waals surface area (Å²) in [5.74, 6) is 1.61. The van der Waals surface area contributed by atoms with E-state index in [0.29, 0.717) is 42.5 Å². The molecule has 1 aliphatic rings. The number of carbonyl (C=O) groups excluding carboxylic acids is 1. The minimum absolute atomic E-state index is 0.126. The number of hydrogen-bond acceptors (Lipinski definition) is 8. The van der Waals surface area contributed by atoms with Crippen molar-refractivity contribution in [1.29, 1.82) is 0 Å². The molecule has 0 radical (unpaired) electrons. The van der Waals surface area contributed by atoms with E-state index in [-0.39, 0.29) is 6.42 Å². The topological polar surface area (TPSA) is 87.4 Å². The molecule has 0 fully saturated rings. The summed E-state index contributed by atoms with van der Waals surface area (Å²) in [4.78, 5) is 26.5. The molecule has 2 aromatic carbocycles. The molecule has 4 rings (SSSR count). The number of esters is 1. The Morgan fingerprint density at radius 2 is 1.82 bits per heavy atom. The lowest BCUT2D eigenvalue weighted by Crippen LogP contribution is -2.32. The van der Waals surface area contributed by atoms with Crippen LogP contribution in [0.4, 0.5) is 0 Å². The molecular formula is C25H27NO7. The zero-order valence-corrected chi connectivity index (χ0v) is 19.4. The minimum atomic E-state index is -0.528. The van der Waals surface area contributed by atoms with Crippen molar-refractivity contribution in [3.63, 3.8) is 0 Å². The first-order chi connectivity index (χ1) is 15.9. The fourth-order valence-corrected chi connectivity index (χ4v) is 4.25. The SMILES string of the molecule is COC(=O)Cc1c(C)c2cc3c(c(C)c2oc1=O)OCN(Cc1ccc(OC)c(OC)c1)C3. The third-order valence-electron chi connectivity index (χ3n) is 6.02. The van der Waals surface area contributed by atoms with E-state index in [1.54, 1.807) is 14.2 Å². The molecule has 8 nitrogen and oxygen atoms in total. The molecule has 0 spiro atoms. The van der Waals surface area contributed by atoms with Gasteiger partial charge in [0, 0.05) is 29.6 Å². The highest BCUT2D eigenvalue weighted by Crippen LogP contribution is 2.37. The lowest BCUT2D eigenvalue weighted by atomic mass is 9.97. The second-order valence-corrected chi connectivity index (χ2v) is 8.06. The van der Waals surface area contributed by atoms with Gasteiger partial charge in [-0.1, -0.05) is 6.07 Å². The smallest absolute Gasteiger partial charge is 0.340 e. The molecule has 0 bridgehead atoms. The highest BCUT2D eigenvalue weighted by atomic mass is 16.5. The monoisotopic (exact) mass is 453 g/mol. The Labute approximate surface area is 191 Å². The van der Waals surface area contributed by atoms with Crippen LogP contribution in [0.1, 0.15) is 27.8 Å². The highest BCUT2D eigenvalue weighted by molar-refractivity contribution is 5.88. The second-order valence-electron chi connectivity index (χ2n) is 8.06. The van der Waals surface area contributed by atoms with E-state index in [1.807, 2.05) is 38.1 Å². The van der Waals surface area contributed by atoms with Gasteiger partial charge in [0.2, 0.25) is 0 Å². The molecule has 8 heteroatoms. The van der Waals surface area contributed by atoms with Gasteiger partial charge in [-0.3, -0.25) is 9.69 Å². The van der Waals surface area contributed by atoms with E-state index < -0.39 is 11.6 Å². The number of aryl methyl sites for hydroxylation is 2. The number of hydrogen-bond donors (Lipinski definition) is 0. The van der Waals surface area contributed by atoms with Crippen LogP contribution in [0.15, 0.2) is 33.5 Å². The Bertz CT molecular complexity index is 1280. The van der Waals surface area contributed by atoms with E-state index in [4.69, 9.17) is 23.4 Å². The summed E-state index contributed by atoms with van der Waals surface area (Å²) in [6, 6.07) is 7.83. The largest absolute Gasteiger partial charge is 0.493 e. The number of rotatable bonds is 6. The van der Waals surface area contributed by atoms with Crippen LogP contribution in [0.5, 0.6) is 17.2 Å². The molecule has 0 saturated carbocycles. The van der Waals surface area contributed by atoms with Crippen LogP contribution in [-0.4, -0.2) is 38.9 Å². The maximum Gasteiger partial charge on any atom is 0.340 e. The van der Waals surface area contributed by atoms with Gasteiger partial charge in [-0.25, -0.2) is 4.79 Å². The van der Waals surface area contributed by atoms with Crippen molar-refractivity contribution in [3.8, 4) is 17.2 Å². The Morgan fingerprint density at radius 3 is 2.52 bits per heavy atom. The molecule has 0 N–H and O–H groups in total. The summed E-state index contributed by atoms with van der Waals surface area (Å²) in [6.45, 7) is 5.43. The van der Waals surface area contributed by atoms with Gasteiger partial charge in [0.1, 0.15) is 18.1 Å². The van der Waals surface area contributed by atoms with Crippen LogP contribution in [0, 0.1) is 13.8 Å². The second kappa shape index (κ2) is 9.15. The van der Waals surface area contributed by atoms with E-state index in [0.717, 1.165) is 33.4 Å². The van der Waals surface area contributed by atoms with Crippen molar-refractivity contribution in [2.24, 2.45) is 0 Å². The molecule has 0 unspecified atom stereocenters. The Kier molecular flexibility index (Phi) is 6.29. The van der Waals surface area contributed by atoms with Crippen molar-refractivity contribution in [1.82, 2.24) is 4.90 Å². The van der Waals surface area contributed by atoms with E-state index in [2.05, 4.69) is 4.90 Å². The molecule has 1 aromatic heterocycles. The summed E-state index contributed by atoms with van der Waals surface area (Å²) in [5, 5.41) is 0.793. The summed E-state index contributed by atoms with van der Waals surface area (Å²) in [6.07, 6.45) is -0.126. The molecule has 33 heavy (non-hydrogen) atoms. The maximum atomic E-state index is 12.5. The van der Waals surface area contributed by atoms with Gasteiger partial charge < -0.3 is 23.4 Å². The van der Waals surface area contributed by atoms with Gasteiger partial charge in [0.25, 0.3) is 0 Å². The van der Waals surface area contributed by atoms with Crippen LogP contribution in [-0.2, 0) is 29.0 Å². The zero-order chi connectivity index (χ0) is 23.7. The van der Waals surface area contributed by atoms with Crippen LogP contribution in [0.25, 0.3) is 11.0 Å². The maximum absolute atomic E-state index is 12.5. The first-order valence-corrected chi connectivity index (χ1v) is 10.6. The quantitative estimate of drug-likeness (QED) is 0.414. The van der Waals surface area contributed by atoms with Crippen LogP contribution < -0.4 is 19.8 Å². The molecule has 3 aromatic rings. The first kappa shape index (κ1) is 22.7. The molecule has 0 atom stereocenters. The lowest BCUT2D eigenvalue weighted by Gasteiger charge is -2.30. The van der Waals surface area contributed by atoms with E-state index in [9.17, 15) is 9.59 Å². The minimum Gasteiger partial charge on any atom is -0.493 e. The van der Waals surface area contributed by atoms with Gasteiger partial charge in [-0.15, -0.1) is 0 Å². The Hall–Kier alpha value is -3.52. The van der Waals surface area contributed by atoms with Gasteiger partial charge in [0.15, 0.2) is 11.5 Å². The van der Waals surface area contributed by atoms with Gasteiger partial charge >= 0.3 is 11.6 Å². The number of ether oxygens (including phenoxy) is 4. The highest BCUT2D eigenvalue weighted by Gasteiger charge is 2.25. The summed E-state index contributed by atoms with van der Waals surface area (Å²) >= 11 is 0. The predicted molar refractivity (Wildman–Crippen MR) is 122 cm³/mol. The van der Waals surface area contributed by atoms with E-state index in [1.165, 1.54) is 7.11 Å². The fourth-order valence-electron chi connectivity index (χ4n) is 4.25. The number of methoxy groups -OCH3 is 3. The molecule has 0 aliphatic carbocycles. The number of fused-ring (bicyclic) bond motifs is 2.